The minimum Gasteiger partial charge on any atom is -0.374 e. The number of hydrogen-bond donors (Lipinski definition) is 2. The van der Waals surface area contributed by atoms with Crippen LogP contribution in [-0.4, -0.2) is 16.9 Å². The molecule has 0 saturated heterocycles. The van der Waals surface area contributed by atoms with E-state index in [1.54, 1.807) is 12.4 Å². The van der Waals surface area contributed by atoms with Crippen molar-refractivity contribution in [2.24, 2.45) is 0 Å². The summed E-state index contributed by atoms with van der Waals surface area (Å²) in [6.07, 6.45) is 4.18. The number of hydrogen-bond acceptors (Lipinski definition) is 3. The van der Waals surface area contributed by atoms with Crippen LogP contribution in [0.1, 0.15) is 18.9 Å². The van der Waals surface area contributed by atoms with Gasteiger partial charge in [-0.05, 0) is 36.2 Å². The number of carbonyl (C=O) groups excluding carboxylic acids is 1. The van der Waals surface area contributed by atoms with Gasteiger partial charge in [-0.2, -0.15) is 0 Å². The van der Waals surface area contributed by atoms with Crippen LogP contribution in [0.5, 0.6) is 0 Å². The number of nitrogens with zero attached hydrogens (tertiary/aromatic N) is 1. The molecule has 1 atom stereocenters. The molecule has 1 aromatic carbocycles. The van der Waals surface area contributed by atoms with Gasteiger partial charge in [0.15, 0.2) is 0 Å². The van der Waals surface area contributed by atoms with Crippen LogP contribution in [-0.2, 0) is 11.3 Å². The number of anilines is 1. The first-order valence-corrected chi connectivity index (χ1v) is 6.78. The van der Waals surface area contributed by atoms with Crippen molar-refractivity contribution in [3.05, 3.63) is 60.4 Å². The van der Waals surface area contributed by atoms with Crippen LogP contribution < -0.4 is 10.6 Å². The van der Waals surface area contributed by atoms with Crippen molar-refractivity contribution in [1.82, 2.24) is 10.3 Å². The van der Waals surface area contributed by atoms with Gasteiger partial charge in [-0.1, -0.05) is 25.1 Å². The maximum Gasteiger partial charge on any atom is 0.242 e. The van der Waals surface area contributed by atoms with Gasteiger partial charge in [0.25, 0.3) is 0 Å². The van der Waals surface area contributed by atoms with Crippen LogP contribution in [0.2, 0.25) is 0 Å². The van der Waals surface area contributed by atoms with Crippen molar-refractivity contribution in [1.29, 1.82) is 0 Å². The molecule has 1 aromatic heterocycles. The lowest BCUT2D eigenvalue weighted by Crippen LogP contribution is -2.38. The Labute approximate surface area is 119 Å². The van der Waals surface area contributed by atoms with E-state index >= 15 is 0 Å². The largest absolute Gasteiger partial charge is 0.374 e. The molecule has 4 nitrogen and oxygen atoms in total. The molecule has 0 aliphatic rings. The average Bonchev–Trinajstić information content (AvgIpc) is 2.52. The van der Waals surface area contributed by atoms with Crippen LogP contribution >= 0.6 is 0 Å². The molecule has 0 bridgehead atoms. The zero-order valence-electron chi connectivity index (χ0n) is 11.5. The molecule has 2 aromatic rings. The van der Waals surface area contributed by atoms with E-state index in [4.69, 9.17) is 0 Å². The van der Waals surface area contributed by atoms with Crippen molar-refractivity contribution in [3.8, 4) is 0 Å². The first kappa shape index (κ1) is 14.1. The van der Waals surface area contributed by atoms with Gasteiger partial charge in [0.1, 0.15) is 6.04 Å². The van der Waals surface area contributed by atoms with Crippen molar-refractivity contribution >= 4 is 11.6 Å². The summed E-state index contributed by atoms with van der Waals surface area (Å²) in [7, 11) is 0. The lowest BCUT2D eigenvalue weighted by molar-refractivity contribution is -0.122. The molecule has 4 heteroatoms. The summed E-state index contributed by atoms with van der Waals surface area (Å²) in [5.74, 6) is 0.00756. The maximum atomic E-state index is 12.2. The SMILES string of the molecule is CC[C@@H](Nc1ccccc1)C(=O)NCc1ccncc1. The third-order valence-corrected chi connectivity index (χ3v) is 3.06. The number of amides is 1. The highest BCUT2D eigenvalue weighted by molar-refractivity contribution is 5.84. The molecule has 2 N–H and O–H groups in total. The van der Waals surface area contributed by atoms with Gasteiger partial charge >= 0.3 is 0 Å². The molecule has 1 amide bonds. The zero-order chi connectivity index (χ0) is 14.2. The molecule has 1 heterocycles. The smallest absolute Gasteiger partial charge is 0.242 e. The molecule has 0 saturated carbocycles. The Morgan fingerprint density at radius 3 is 2.50 bits per heavy atom. The van der Waals surface area contributed by atoms with Gasteiger partial charge in [0.05, 0.1) is 0 Å². The Balaban J connectivity index is 1.89. The van der Waals surface area contributed by atoms with E-state index in [1.807, 2.05) is 49.4 Å². The van der Waals surface area contributed by atoms with E-state index in [2.05, 4.69) is 15.6 Å². The number of carbonyl (C=O) groups is 1. The Bertz CT molecular complexity index is 528. The number of rotatable bonds is 6. The third-order valence-electron chi connectivity index (χ3n) is 3.06. The summed E-state index contributed by atoms with van der Waals surface area (Å²) < 4.78 is 0. The third kappa shape index (κ3) is 4.09. The van der Waals surface area contributed by atoms with Crippen molar-refractivity contribution in [2.75, 3.05) is 5.32 Å². The van der Waals surface area contributed by atoms with E-state index in [1.165, 1.54) is 0 Å². The molecular formula is C16H19N3O. The average molecular weight is 269 g/mol. The highest BCUT2D eigenvalue weighted by Gasteiger charge is 2.15. The van der Waals surface area contributed by atoms with E-state index in [0.717, 1.165) is 17.7 Å². The van der Waals surface area contributed by atoms with E-state index < -0.39 is 0 Å². The van der Waals surface area contributed by atoms with Gasteiger partial charge in [-0.15, -0.1) is 0 Å². The number of para-hydroxylation sites is 1. The topological polar surface area (TPSA) is 54.0 Å². The molecule has 20 heavy (non-hydrogen) atoms. The van der Waals surface area contributed by atoms with Crippen molar-refractivity contribution in [3.63, 3.8) is 0 Å². The molecule has 104 valence electrons. The summed E-state index contributed by atoms with van der Waals surface area (Å²) in [5.41, 5.74) is 2.00. The van der Waals surface area contributed by atoms with Crippen LogP contribution in [0.3, 0.4) is 0 Å². The second-order valence-electron chi connectivity index (χ2n) is 4.54. The van der Waals surface area contributed by atoms with Crippen molar-refractivity contribution in [2.45, 2.75) is 25.9 Å². The standard InChI is InChI=1S/C16H19N3O/c1-2-15(19-14-6-4-3-5-7-14)16(20)18-12-13-8-10-17-11-9-13/h3-11,15,19H,2,12H2,1H3,(H,18,20)/t15-/m1/s1. The van der Waals surface area contributed by atoms with Gasteiger partial charge in [0.2, 0.25) is 5.91 Å². The Hall–Kier alpha value is -2.36. The molecule has 2 rings (SSSR count). The van der Waals surface area contributed by atoms with Crippen molar-refractivity contribution < 1.29 is 4.79 Å². The first-order chi connectivity index (χ1) is 9.79. The van der Waals surface area contributed by atoms with Crippen LogP contribution in [0, 0.1) is 0 Å². The molecule has 0 unspecified atom stereocenters. The molecule has 0 aliphatic carbocycles. The van der Waals surface area contributed by atoms with Gasteiger partial charge in [-0.25, -0.2) is 0 Å². The molecule has 0 aliphatic heterocycles. The monoisotopic (exact) mass is 269 g/mol. The van der Waals surface area contributed by atoms with E-state index in [0.29, 0.717) is 6.54 Å². The number of benzene rings is 1. The predicted molar refractivity (Wildman–Crippen MR) is 80.2 cm³/mol. The zero-order valence-corrected chi connectivity index (χ0v) is 11.5. The highest BCUT2D eigenvalue weighted by atomic mass is 16.2. The predicted octanol–water partition coefficient (Wildman–Crippen LogP) is 2.59. The maximum absolute atomic E-state index is 12.2. The fraction of sp³-hybridized carbons (Fsp3) is 0.250. The number of pyridine rings is 1. The normalized spacial score (nSPS) is 11.7. The quantitative estimate of drug-likeness (QED) is 0.847. The summed E-state index contributed by atoms with van der Waals surface area (Å²) >= 11 is 0. The fourth-order valence-electron chi connectivity index (χ4n) is 1.90. The molecular weight excluding hydrogens is 250 g/mol. The first-order valence-electron chi connectivity index (χ1n) is 6.78. The second-order valence-corrected chi connectivity index (χ2v) is 4.54. The summed E-state index contributed by atoms with van der Waals surface area (Å²) in [6.45, 7) is 2.51. The Morgan fingerprint density at radius 1 is 1.15 bits per heavy atom. The minimum absolute atomic E-state index is 0.00756. The minimum atomic E-state index is -0.223. The summed E-state index contributed by atoms with van der Waals surface area (Å²) in [5, 5.41) is 6.18. The fourth-order valence-corrected chi connectivity index (χ4v) is 1.90. The lowest BCUT2D eigenvalue weighted by atomic mass is 10.2. The summed E-state index contributed by atoms with van der Waals surface area (Å²) in [6, 6.07) is 13.3. The molecule has 0 fully saturated rings. The lowest BCUT2D eigenvalue weighted by Gasteiger charge is -2.18. The van der Waals surface area contributed by atoms with Gasteiger partial charge < -0.3 is 10.6 Å². The Kier molecular flexibility index (Phi) is 5.12. The summed E-state index contributed by atoms with van der Waals surface area (Å²) in [4.78, 5) is 16.1. The van der Waals surface area contributed by atoms with Crippen LogP contribution in [0.4, 0.5) is 5.69 Å². The molecule has 0 radical (unpaired) electrons. The number of aromatic nitrogens is 1. The van der Waals surface area contributed by atoms with E-state index in [-0.39, 0.29) is 11.9 Å². The van der Waals surface area contributed by atoms with Gasteiger partial charge in [0, 0.05) is 24.6 Å². The van der Waals surface area contributed by atoms with Crippen LogP contribution in [0.15, 0.2) is 54.9 Å². The Morgan fingerprint density at radius 2 is 1.85 bits per heavy atom. The van der Waals surface area contributed by atoms with Gasteiger partial charge in [-0.3, -0.25) is 9.78 Å². The van der Waals surface area contributed by atoms with Crippen LogP contribution in [0.25, 0.3) is 0 Å². The highest BCUT2D eigenvalue weighted by Crippen LogP contribution is 2.09. The second kappa shape index (κ2) is 7.28. The molecule has 0 spiro atoms. The number of nitrogens with one attached hydrogen (secondary N) is 2. The van der Waals surface area contributed by atoms with E-state index in [9.17, 15) is 4.79 Å².